The van der Waals surface area contributed by atoms with Gasteiger partial charge in [0.25, 0.3) is 0 Å². The SMILES string of the molecule is CC(C)c1ccc(SCC2OCC(O)C2O)cc1. The number of aliphatic hydroxyl groups excluding tert-OH is 2. The Kier molecular flexibility index (Phi) is 4.67. The maximum Gasteiger partial charge on any atom is 0.109 e. The monoisotopic (exact) mass is 268 g/mol. The Hall–Kier alpha value is -0.550. The van der Waals surface area contributed by atoms with Crippen molar-refractivity contribution in [3.05, 3.63) is 29.8 Å². The average molecular weight is 268 g/mol. The number of benzene rings is 1. The van der Waals surface area contributed by atoms with E-state index in [0.717, 1.165) is 4.90 Å². The Morgan fingerprint density at radius 3 is 2.44 bits per heavy atom. The normalized spacial score (nSPS) is 27.9. The molecule has 1 aromatic rings. The molecule has 3 nitrogen and oxygen atoms in total. The summed E-state index contributed by atoms with van der Waals surface area (Å²) in [5.41, 5.74) is 1.33. The van der Waals surface area contributed by atoms with E-state index in [1.165, 1.54) is 5.56 Å². The highest BCUT2D eigenvalue weighted by Crippen LogP contribution is 2.25. The molecule has 1 aromatic carbocycles. The molecule has 1 fully saturated rings. The van der Waals surface area contributed by atoms with E-state index < -0.39 is 12.2 Å². The summed E-state index contributed by atoms with van der Waals surface area (Å²) in [6.45, 7) is 4.58. The van der Waals surface area contributed by atoms with E-state index in [1.807, 2.05) is 0 Å². The predicted octanol–water partition coefficient (Wildman–Crippen LogP) is 2.02. The molecule has 100 valence electrons. The minimum Gasteiger partial charge on any atom is -0.388 e. The molecule has 0 radical (unpaired) electrons. The van der Waals surface area contributed by atoms with E-state index in [9.17, 15) is 10.2 Å². The molecule has 0 bridgehead atoms. The molecular weight excluding hydrogens is 248 g/mol. The van der Waals surface area contributed by atoms with Crippen molar-refractivity contribution in [2.24, 2.45) is 0 Å². The molecule has 3 unspecified atom stereocenters. The maximum absolute atomic E-state index is 9.66. The van der Waals surface area contributed by atoms with Crippen LogP contribution in [0.25, 0.3) is 0 Å². The lowest BCUT2D eigenvalue weighted by Gasteiger charge is -2.14. The first-order valence-corrected chi connectivity index (χ1v) is 7.27. The molecule has 1 aliphatic rings. The second kappa shape index (κ2) is 6.06. The van der Waals surface area contributed by atoms with Crippen LogP contribution in [0.15, 0.2) is 29.2 Å². The van der Waals surface area contributed by atoms with Gasteiger partial charge in [-0.05, 0) is 23.6 Å². The minimum atomic E-state index is -0.757. The highest BCUT2D eigenvalue weighted by Gasteiger charge is 2.34. The lowest BCUT2D eigenvalue weighted by molar-refractivity contribution is 0.0337. The van der Waals surface area contributed by atoms with E-state index in [1.54, 1.807) is 11.8 Å². The molecule has 2 N–H and O–H groups in total. The van der Waals surface area contributed by atoms with Crippen LogP contribution in [0.1, 0.15) is 25.3 Å². The van der Waals surface area contributed by atoms with Gasteiger partial charge in [0.05, 0.1) is 12.7 Å². The number of aliphatic hydroxyl groups is 2. The van der Waals surface area contributed by atoms with Gasteiger partial charge in [0.2, 0.25) is 0 Å². The van der Waals surface area contributed by atoms with Gasteiger partial charge in [-0.3, -0.25) is 0 Å². The largest absolute Gasteiger partial charge is 0.388 e. The van der Waals surface area contributed by atoms with Crippen molar-refractivity contribution in [2.45, 2.75) is 43.0 Å². The van der Waals surface area contributed by atoms with Gasteiger partial charge in [0.1, 0.15) is 12.2 Å². The van der Waals surface area contributed by atoms with Crippen LogP contribution in [-0.2, 0) is 4.74 Å². The van der Waals surface area contributed by atoms with Gasteiger partial charge >= 0.3 is 0 Å². The van der Waals surface area contributed by atoms with Crippen LogP contribution in [0, 0.1) is 0 Å². The molecule has 3 atom stereocenters. The van der Waals surface area contributed by atoms with Crippen molar-refractivity contribution in [1.82, 2.24) is 0 Å². The van der Waals surface area contributed by atoms with E-state index in [4.69, 9.17) is 4.74 Å². The van der Waals surface area contributed by atoms with Crippen molar-refractivity contribution in [3.8, 4) is 0 Å². The quantitative estimate of drug-likeness (QED) is 0.820. The third-order valence-corrected chi connectivity index (χ3v) is 4.32. The lowest BCUT2D eigenvalue weighted by Crippen LogP contribution is -2.31. The van der Waals surface area contributed by atoms with Crippen LogP contribution in [0.5, 0.6) is 0 Å². The summed E-state index contributed by atoms with van der Waals surface area (Å²) in [7, 11) is 0. The third-order valence-electron chi connectivity index (χ3n) is 3.22. The third kappa shape index (κ3) is 3.26. The van der Waals surface area contributed by atoms with Crippen LogP contribution < -0.4 is 0 Å². The van der Waals surface area contributed by atoms with Gasteiger partial charge < -0.3 is 14.9 Å². The summed E-state index contributed by atoms with van der Waals surface area (Å²) in [6, 6.07) is 8.46. The molecule has 0 saturated carbocycles. The molecule has 18 heavy (non-hydrogen) atoms. The van der Waals surface area contributed by atoms with Gasteiger partial charge in [-0.2, -0.15) is 0 Å². The topological polar surface area (TPSA) is 49.7 Å². The van der Waals surface area contributed by atoms with E-state index in [-0.39, 0.29) is 12.7 Å². The van der Waals surface area contributed by atoms with Gasteiger partial charge in [0, 0.05) is 10.6 Å². The van der Waals surface area contributed by atoms with Crippen molar-refractivity contribution < 1.29 is 14.9 Å². The zero-order chi connectivity index (χ0) is 13.1. The zero-order valence-electron chi connectivity index (χ0n) is 10.7. The second-order valence-corrected chi connectivity index (χ2v) is 6.06. The Bertz CT molecular complexity index is 377. The molecule has 1 heterocycles. The molecule has 0 aliphatic carbocycles. The fourth-order valence-corrected chi connectivity index (χ4v) is 2.92. The predicted molar refractivity (Wildman–Crippen MR) is 73.0 cm³/mol. The van der Waals surface area contributed by atoms with Crippen LogP contribution in [-0.4, -0.2) is 40.9 Å². The van der Waals surface area contributed by atoms with Crippen LogP contribution >= 0.6 is 11.8 Å². The fraction of sp³-hybridized carbons (Fsp3) is 0.571. The van der Waals surface area contributed by atoms with Crippen molar-refractivity contribution in [3.63, 3.8) is 0 Å². The van der Waals surface area contributed by atoms with Crippen LogP contribution in [0.3, 0.4) is 0 Å². The first-order valence-electron chi connectivity index (χ1n) is 6.28. The summed E-state index contributed by atoms with van der Waals surface area (Å²) in [5.74, 6) is 1.21. The smallest absolute Gasteiger partial charge is 0.109 e. The first-order chi connectivity index (χ1) is 8.58. The molecule has 1 aliphatic heterocycles. The summed E-state index contributed by atoms with van der Waals surface area (Å²) in [4.78, 5) is 1.16. The molecule has 0 aromatic heterocycles. The number of thioether (sulfide) groups is 1. The maximum atomic E-state index is 9.66. The second-order valence-electron chi connectivity index (χ2n) is 4.96. The lowest BCUT2D eigenvalue weighted by atomic mass is 10.0. The Balaban J connectivity index is 1.87. The highest BCUT2D eigenvalue weighted by atomic mass is 32.2. The van der Waals surface area contributed by atoms with E-state index in [0.29, 0.717) is 11.7 Å². The van der Waals surface area contributed by atoms with Crippen LogP contribution in [0.4, 0.5) is 0 Å². The molecule has 4 heteroatoms. The molecule has 2 rings (SSSR count). The van der Waals surface area contributed by atoms with Gasteiger partial charge in [-0.15, -0.1) is 11.8 Å². The van der Waals surface area contributed by atoms with Crippen molar-refractivity contribution >= 4 is 11.8 Å². The molecular formula is C14H20O3S. The van der Waals surface area contributed by atoms with E-state index >= 15 is 0 Å². The Morgan fingerprint density at radius 1 is 1.28 bits per heavy atom. The highest BCUT2D eigenvalue weighted by molar-refractivity contribution is 7.99. The van der Waals surface area contributed by atoms with Crippen molar-refractivity contribution in [1.29, 1.82) is 0 Å². The summed E-state index contributed by atoms with van der Waals surface area (Å²) in [6.07, 6.45) is -1.76. The van der Waals surface area contributed by atoms with Gasteiger partial charge in [-0.25, -0.2) is 0 Å². The Morgan fingerprint density at radius 2 is 1.94 bits per heavy atom. The average Bonchev–Trinajstić information content (AvgIpc) is 2.68. The first kappa shape index (κ1) is 13.9. The van der Waals surface area contributed by atoms with Gasteiger partial charge in [0.15, 0.2) is 0 Å². The number of ether oxygens (including phenoxy) is 1. The molecule has 0 spiro atoms. The Labute approximate surface area is 112 Å². The van der Waals surface area contributed by atoms with E-state index in [2.05, 4.69) is 38.1 Å². The van der Waals surface area contributed by atoms with Gasteiger partial charge in [-0.1, -0.05) is 26.0 Å². The standard InChI is InChI=1S/C14H20O3S/c1-9(2)10-3-5-11(6-4-10)18-8-13-14(16)12(15)7-17-13/h3-6,9,12-16H,7-8H2,1-2H3. The summed E-state index contributed by atoms with van der Waals surface area (Å²) in [5, 5.41) is 19.0. The summed E-state index contributed by atoms with van der Waals surface area (Å²) < 4.78 is 5.34. The number of hydrogen-bond acceptors (Lipinski definition) is 4. The van der Waals surface area contributed by atoms with Crippen LogP contribution in [0.2, 0.25) is 0 Å². The summed E-state index contributed by atoms with van der Waals surface area (Å²) >= 11 is 1.65. The zero-order valence-corrected chi connectivity index (χ0v) is 11.6. The number of rotatable bonds is 4. The minimum absolute atomic E-state index is 0.235. The molecule has 1 saturated heterocycles. The fourth-order valence-electron chi connectivity index (χ4n) is 1.94. The van der Waals surface area contributed by atoms with Crippen molar-refractivity contribution in [2.75, 3.05) is 12.4 Å². The number of hydrogen-bond donors (Lipinski definition) is 2. The molecule has 0 amide bonds.